The quantitative estimate of drug-likeness (QED) is 0.614. The molecule has 0 atom stereocenters. The van der Waals surface area contributed by atoms with Gasteiger partial charge in [-0.1, -0.05) is 11.6 Å². The Morgan fingerprint density at radius 3 is 2.76 bits per heavy atom. The van der Waals surface area contributed by atoms with Gasteiger partial charge in [-0.05, 0) is 48.7 Å². The molecule has 0 saturated heterocycles. The van der Waals surface area contributed by atoms with Gasteiger partial charge in [0.2, 0.25) is 0 Å². The van der Waals surface area contributed by atoms with Gasteiger partial charge in [0.15, 0.2) is 5.78 Å². The fourth-order valence-electron chi connectivity index (χ4n) is 2.35. The van der Waals surface area contributed by atoms with Crippen molar-refractivity contribution in [1.29, 1.82) is 0 Å². The molecule has 108 valence electrons. The van der Waals surface area contributed by atoms with Crippen molar-refractivity contribution in [3.05, 3.63) is 63.7 Å². The zero-order valence-corrected chi connectivity index (χ0v) is 11.7. The van der Waals surface area contributed by atoms with Crippen molar-refractivity contribution in [3.8, 4) is 5.75 Å². The van der Waals surface area contributed by atoms with Gasteiger partial charge in [0.25, 0.3) is 0 Å². The topological polar surface area (TPSA) is 26.3 Å². The third-order valence-corrected chi connectivity index (χ3v) is 3.71. The maximum absolute atomic E-state index is 13.8. The molecular formula is C16H11ClF2O2. The molecule has 0 radical (unpaired) electrons. The third-order valence-electron chi connectivity index (χ3n) is 3.43. The van der Waals surface area contributed by atoms with Crippen molar-refractivity contribution in [2.75, 3.05) is 6.61 Å². The largest absolute Gasteiger partial charge is 0.493 e. The molecule has 2 aromatic carbocycles. The van der Waals surface area contributed by atoms with Crippen molar-refractivity contribution >= 4 is 17.4 Å². The minimum absolute atomic E-state index is 0.305. The molecule has 1 aliphatic heterocycles. The Morgan fingerprint density at radius 2 is 1.95 bits per heavy atom. The lowest BCUT2D eigenvalue weighted by molar-refractivity contribution is 0.103. The van der Waals surface area contributed by atoms with Gasteiger partial charge in [0.1, 0.15) is 17.4 Å². The Labute approximate surface area is 125 Å². The Morgan fingerprint density at radius 1 is 1.14 bits per heavy atom. The van der Waals surface area contributed by atoms with Crippen molar-refractivity contribution in [2.45, 2.75) is 12.8 Å². The van der Waals surface area contributed by atoms with Crippen LogP contribution in [-0.4, -0.2) is 12.4 Å². The highest BCUT2D eigenvalue weighted by Crippen LogP contribution is 2.27. The van der Waals surface area contributed by atoms with Gasteiger partial charge >= 0.3 is 0 Å². The van der Waals surface area contributed by atoms with E-state index in [0.29, 0.717) is 12.2 Å². The number of rotatable bonds is 2. The number of hydrogen-bond acceptors (Lipinski definition) is 2. The van der Waals surface area contributed by atoms with E-state index in [2.05, 4.69) is 0 Å². The van der Waals surface area contributed by atoms with E-state index in [1.165, 1.54) is 0 Å². The first kappa shape index (κ1) is 14.0. The molecule has 0 N–H and O–H groups in total. The van der Waals surface area contributed by atoms with Crippen LogP contribution in [0.1, 0.15) is 27.9 Å². The molecule has 3 rings (SSSR count). The summed E-state index contributed by atoms with van der Waals surface area (Å²) in [5, 5.41) is -0.345. The molecule has 0 spiro atoms. The highest BCUT2D eigenvalue weighted by Gasteiger charge is 2.19. The van der Waals surface area contributed by atoms with Crippen LogP contribution in [-0.2, 0) is 6.42 Å². The van der Waals surface area contributed by atoms with Gasteiger partial charge in [-0.2, -0.15) is 0 Å². The van der Waals surface area contributed by atoms with E-state index in [1.54, 1.807) is 18.2 Å². The maximum Gasteiger partial charge on any atom is 0.196 e. The van der Waals surface area contributed by atoms with Crippen molar-refractivity contribution < 1.29 is 18.3 Å². The zero-order chi connectivity index (χ0) is 15.0. The summed E-state index contributed by atoms with van der Waals surface area (Å²) in [6.45, 7) is 0.650. The van der Waals surface area contributed by atoms with Gasteiger partial charge in [-0.15, -0.1) is 0 Å². The molecule has 0 unspecified atom stereocenters. The van der Waals surface area contributed by atoms with Crippen LogP contribution in [0.3, 0.4) is 0 Å². The Balaban J connectivity index is 2.01. The minimum atomic E-state index is -0.833. The summed E-state index contributed by atoms with van der Waals surface area (Å²) in [5.41, 5.74) is 0.885. The summed E-state index contributed by atoms with van der Waals surface area (Å²) in [5.74, 6) is -1.49. The second kappa shape index (κ2) is 5.45. The smallest absolute Gasteiger partial charge is 0.196 e. The molecule has 0 saturated carbocycles. The van der Waals surface area contributed by atoms with E-state index in [4.69, 9.17) is 16.3 Å². The van der Waals surface area contributed by atoms with Crippen molar-refractivity contribution in [2.24, 2.45) is 0 Å². The third kappa shape index (κ3) is 2.63. The van der Waals surface area contributed by atoms with Crippen molar-refractivity contribution in [3.63, 3.8) is 0 Å². The fraction of sp³-hybridized carbons (Fsp3) is 0.188. The summed E-state index contributed by atoms with van der Waals surface area (Å²) in [6, 6.07) is 6.55. The predicted octanol–water partition coefficient (Wildman–Crippen LogP) is 4.17. The van der Waals surface area contributed by atoms with Crippen LogP contribution in [0.2, 0.25) is 5.02 Å². The number of ether oxygens (including phenoxy) is 1. The fourth-order valence-corrected chi connectivity index (χ4v) is 2.50. The van der Waals surface area contributed by atoms with Crippen LogP contribution < -0.4 is 4.74 Å². The molecule has 0 aliphatic carbocycles. The lowest BCUT2D eigenvalue weighted by atomic mass is 9.98. The van der Waals surface area contributed by atoms with Crippen molar-refractivity contribution in [1.82, 2.24) is 0 Å². The minimum Gasteiger partial charge on any atom is -0.493 e. The standard InChI is InChI=1S/C16H11ClF2O2/c17-12-8-13(18)11(7-14(12)19)16(20)10-3-4-15-9(6-10)2-1-5-21-15/h3-4,6-8H,1-2,5H2. The summed E-state index contributed by atoms with van der Waals surface area (Å²) in [6.07, 6.45) is 1.67. The number of aryl methyl sites for hydroxylation is 1. The normalized spacial score (nSPS) is 13.5. The van der Waals surface area contributed by atoms with Crippen LogP contribution in [0.4, 0.5) is 8.78 Å². The van der Waals surface area contributed by atoms with E-state index < -0.39 is 17.4 Å². The SMILES string of the molecule is O=C(c1ccc2c(c1)CCCO2)c1cc(F)c(Cl)cc1F. The molecule has 0 amide bonds. The highest BCUT2D eigenvalue weighted by atomic mass is 35.5. The first-order valence-corrected chi connectivity index (χ1v) is 6.89. The average molecular weight is 309 g/mol. The van der Waals surface area contributed by atoms with E-state index in [-0.39, 0.29) is 10.6 Å². The van der Waals surface area contributed by atoms with E-state index in [1.807, 2.05) is 0 Å². The molecule has 2 aromatic rings. The van der Waals surface area contributed by atoms with Gasteiger partial charge in [-0.3, -0.25) is 4.79 Å². The number of fused-ring (bicyclic) bond motifs is 1. The Bertz CT molecular complexity index is 728. The number of benzene rings is 2. The molecule has 0 aromatic heterocycles. The first-order chi connectivity index (χ1) is 10.1. The van der Waals surface area contributed by atoms with E-state index >= 15 is 0 Å². The molecular weight excluding hydrogens is 298 g/mol. The lowest BCUT2D eigenvalue weighted by Gasteiger charge is -2.17. The van der Waals surface area contributed by atoms with E-state index in [0.717, 1.165) is 36.3 Å². The molecule has 21 heavy (non-hydrogen) atoms. The predicted molar refractivity (Wildman–Crippen MR) is 75.1 cm³/mol. The summed E-state index contributed by atoms with van der Waals surface area (Å²) < 4.78 is 32.7. The second-order valence-corrected chi connectivity index (χ2v) is 5.26. The zero-order valence-electron chi connectivity index (χ0n) is 11.0. The maximum atomic E-state index is 13.8. The lowest BCUT2D eigenvalue weighted by Crippen LogP contribution is -2.11. The van der Waals surface area contributed by atoms with Gasteiger partial charge in [-0.25, -0.2) is 8.78 Å². The molecule has 0 fully saturated rings. The molecule has 0 bridgehead atoms. The van der Waals surface area contributed by atoms with Gasteiger partial charge < -0.3 is 4.74 Å². The highest BCUT2D eigenvalue weighted by molar-refractivity contribution is 6.30. The number of carbonyl (C=O) groups excluding carboxylic acids is 1. The van der Waals surface area contributed by atoms with E-state index in [9.17, 15) is 13.6 Å². The van der Waals surface area contributed by atoms with Gasteiger partial charge in [0.05, 0.1) is 17.2 Å². The molecule has 5 heteroatoms. The Hall–Kier alpha value is -1.94. The molecule has 1 heterocycles. The molecule has 2 nitrogen and oxygen atoms in total. The number of hydrogen-bond donors (Lipinski definition) is 0. The van der Waals surface area contributed by atoms with Gasteiger partial charge in [0, 0.05) is 5.56 Å². The van der Waals surface area contributed by atoms with Crippen LogP contribution in [0, 0.1) is 11.6 Å². The molecule has 1 aliphatic rings. The summed E-state index contributed by atoms with van der Waals surface area (Å²) in [4.78, 5) is 12.3. The summed E-state index contributed by atoms with van der Waals surface area (Å²) >= 11 is 5.49. The monoisotopic (exact) mass is 308 g/mol. The summed E-state index contributed by atoms with van der Waals surface area (Å²) in [7, 11) is 0. The first-order valence-electron chi connectivity index (χ1n) is 6.51. The van der Waals surface area contributed by atoms with Crippen LogP contribution in [0.5, 0.6) is 5.75 Å². The van der Waals surface area contributed by atoms with Crippen LogP contribution in [0.25, 0.3) is 0 Å². The van der Waals surface area contributed by atoms with Crippen LogP contribution in [0.15, 0.2) is 30.3 Å². The second-order valence-electron chi connectivity index (χ2n) is 4.85. The average Bonchev–Trinajstić information content (AvgIpc) is 2.50. The number of halogens is 3. The number of ketones is 1. The van der Waals surface area contributed by atoms with Crippen LogP contribution >= 0.6 is 11.6 Å². The number of carbonyl (C=O) groups is 1. The Kier molecular flexibility index (Phi) is 3.64.